The first-order valence-corrected chi connectivity index (χ1v) is 5.89. The molecule has 0 fully saturated rings. The highest BCUT2D eigenvalue weighted by molar-refractivity contribution is 6.10. The van der Waals surface area contributed by atoms with Crippen LogP contribution in [-0.2, 0) is 6.18 Å². The fourth-order valence-electron chi connectivity index (χ4n) is 1.88. The van der Waals surface area contributed by atoms with E-state index in [0.29, 0.717) is 0 Å². The normalized spacial score (nSPS) is 11.3. The van der Waals surface area contributed by atoms with Crippen LogP contribution >= 0.6 is 0 Å². The third-order valence-corrected chi connectivity index (χ3v) is 2.89. The number of carbonyl (C=O) groups excluding carboxylic acids is 1. The number of ketones is 1. The summed E-state index contributed by atoms with van der Waals surface area (Å²) in [4.78, 5) is 12.2. The highest BCUT2D eigenvalue weighted by atomic mass is 19.4. The largest absolute Gasteiger partial charge is 0.494 e. The Labute approximate surface area is 118 Å². The van der Waals surface area contributed by atoms with Crippen molar-refractivity contribution in [2.24, 2.45) is 0 Å². The van der Waals surface area contributed by atoms with Crippen LogP contribution in [0.5, 0.6) is 5.75 Å². The molecule has 0 bridgehead atoms. The molecule has 0 aliphatic carbocycles. The lowest BCUT2D eigenvalue weighted by atomic mass is 9.98. The number of halogens is 4. The molecule has 0 aromatic heterocycles. The molecule has 0 saturated carbocycles. The van der Waals surface area contributed by atoms with Crippen molar-refractivity contribution in [2.45, 2.75) is 6.18 Å². The summed E-state index contributed by atoms with van der Waals surface area (Å²) in [6.45, 7) is 0. The van der Waals surface area contributed by atoms with Gasteiger partial charge in [0.05, 0.1) is 12.7 Å². The molecule has 2 aromatic rings. The van der Waals surface area contributed by atoms with Crippen LogP contribution in [0.3, 0.4) is 0 Å². The molecule has 110 valence electrons. The summed E-state index contributed by atoms with van der Waals surface area (Å²) >= 11 is 0. The lowest BCUT2D eigenvalue weighted by Gasteiger charge is -2.12. The molecule has 0 saturated heterocycles. The van der Waals surface area contributed by atoms with Gasteiger partial charge in [0.25, 0.3) is 0 Å². The molecule has 0 N–H and O–H groups in total. The molecule has 0 spiro atoms. The molecule has 2 nitrogen and oxygen atoms in total. The van der Waals surface area contributed by atoms with Crippen LogP contribution < -0.4 is 4.74 Å². The van der Waals surface area contributed by atoms with Gasteiger partial charge in [-0.1, -0.05) is 18.2 Å². The number of methoxy groups -OCH3 is 1. The van der Waals surface area contributed by atoms with Crippen LogP contribution in [0.4, 0.5) is 17.6 Å². The molecule has 0 radical (unpaired) electrons. The molecule has 21 heavy (non-hydrogen) atoms. The van der Waals surface area contributed by atoms with Crippen LogP contribution in [-0.4, -0.2) is 12.9 Å². The Morgan fingerprint density at radius 2 is 1.76 bits per heavy atom. The summed E-state index contributed by atoms with van der Waals surface area (Å²) < 4.78 is 56.7. The maximum absolute atomic E-state index is 13.3. The topological polar surface area (TPSA) is 26.3 Å². The minimum atomic E-state index is -4.64. The second-order valence-corrected chi connectivity index (χ2v) is 4.22. The quantitative estimate of drug-likeness (QED) is 0.630. The zero-order valence-electron chi connectivity index (χ0n) is 10.9. The van der Waals surface area contributed by atoms with Gasteiger partial charge in [-0.05, 0) is 24.3 Å². The maximum atomic E-state index is 13.3. The van der Waals surface area contributed by atoms with Gasteiger partial charge in [0, 0.05) is 11.1 Å². The molecule has 2 aromatic carbocycles. The van der Waals surface area contributed by atoms with Crippen LogP contribution in [0.1, 0.15) is 21.5 Å². The summed E-state index contributed by atoms with van der Waals surface area (Å²) in [6, 6.07) is 7.61. The average Bonchev–Trinajstić information content (AvgIpc) is 2.46. The van der Waals surface area contributed by atoms with E-state index in [4.69, 9.17) is 4.74 Å². The minimum Gasteiger partial charge on any atom is -0.494 e. The van der Waals surface area contributed by atoms with Crippen LogP contribution in [0, 0.1) is 5.82 Å². The molecular weight excluding hydrogens is 288 g/mol. The van der Waals surface area contributed by atoms with Gasteiger partial charge in [0.1, 0.15) is 0 Å². The maximum Gasteiger partial charge on any atom is 0.417 e. The predicted octanol–water partition coefficient (Wildman–Crippen LogP) is 4.08. The number of benzene rings is 2. The highest BCUT2D eigenvalue weighted by Crippen LogP contribution is 2.33. The number of hydrogen-bond donors (Lipinski definition) is 0. The van der Waals surface area contributed by atoms with Gasteiger partial charge >= 0.3 is 6.18 Å². The summed E-state index contributed by atoms with van der Waals surface area (Å²) in [5.41, 5.74) is -1.60. The number of carbonyl (C=O) groups is 1. The van der Waals surface area contributed by atoms with Crippen molar-refractivity contribution in [3.05, 3.63) is 65.0 Å². The fourth-order valence-corrected chi connectivity index (χ4v) is 1.88. The van der Waals surface area contributed by atoms with E-state index in [0.717, 1.165) is 30.3 Å². The second kappa shape index (κ2) is 5.55. The Morgan fingerprint density at radius 3 is 2.38 bits per heavy atom. The number of rotatable bonds is 3. The Kier molecular flexibility index (Phi) is 3.97. The first kappa shape index (κ1) is 15.0. The van der Waals surface area contributed by atoms with E-state index in [1.165, 1.54) is 19.2 Å². The van der Waals surface area contributed by atoms with Crippen molar-refractivity contribution < 1.29 is 27.1 Å². The van der Waals surface area contributed by atoms with Gasteiger partial charge in [-0.25, -0.2) is 4.39 Å². The van der Waals surface area contributed by atoms with Crippen molar-refractivity contribution in [3.63, 3.8) is 0 Å². The van der Waals surface area contributed by atoms with Crippen molar-refractivity contribution in [2.75, 3.05) is 7.11 Å². The van der Waals surface area contributed by atoms with E-state index in [2.05, 4.69) is 0 Å². The first-order chi connectivity index (χ1) is 9.84. The molecule has 2 rings (SSSR count). The molecule has 0 heterocycles. The second-order valence-electron chi connectivity index (χ2n) is 4.22. The first-order valence-electron chi connectivity index (χ1n) is 5.89. The van der Waals surface area contributed by atoms with Gasteiger partial charge in [0.2, 0.25) is 0 Å². The third kappa shape index (κ3) is 3.04. The summed E-state index contributed by atoms with van der Waals surface area (Å²) in [5, 5.41) is 0. The van der Waals surface area contributed by atoms with Crippen molar-refractivity contribution in [1.29, 1.82) is 0 Å². The van der Waals surface area contributed by atoms with Gasteiger partial charge in [0.15, 0.2) is 17.3 Å². The predicted molar refractivity (Wildman–Crippen MR) is 67.8 cm³/mol. The smallest absolute Gasteiger partial charge is 0.417 e. The van der Waals surface area contributed by atoms with E-state index in [1.807, 2.05) is 0 Å². The Bertz CT molecular complexity index is 678. The number of ether oxygens (including phenoxy) is 1. The summed E-state index contributed by atoms with van der Waals surface area (Å²) in [5.74, 6) is -1.75. The van der Waals surface area contributed by atoms with Gasteiger partial charge < -0.3 is 4.74 Å². The molecule has 0 amide bonds. The zero-order valence-corrected chi connectivity index (χ0v) is 10.9. The molecule has 0 unspecified atom stereocenters. The van der Waals surface area contributed by atoms with E-state index < -0.39 is 28.9 Å². The molecule has 0 aliphatic rings. The fraction of sp³-hybridized carbons (Fsp3) is 0.133. The molecule has 0 aliphatic heterocycles. The zero-order chi connectivity index (χ0) is 15.6. The van der Waals surface area contributed by atoms with Crippen LogP contribution in [0.15, 0.2) is 42.5 Å². The van der Waals surface area contributed by atoms with Gasteiger partial charge in [-0.3, -0.25) is 4.79 Å². The number of hydrogen-bond acceptors (Lipinski definition) is 2. The summed E-state index contributed by atoms with van der Waals surface area (Å²) in [6.07, 6.45) is -4.64. The lowest BCUT2D eigenvalue weighted by Crippen LogP contribution is -2.13. The van der Waals surface area contributed by atoms with Crippen LogP contribution in [0.2, 0.25) is 0 Å². The van der Waals surface area contributed by atoms with Gasteiger partial charge in [-0.15, -0.1) is 0 Å². The number of alkyl halides is 3. The standard InChI is InChI=1S/C15H10F4O2/c1-21-13-8-9(6-7-12(13)16)14(20)10-4-2-3-5-11(10)15(17,18)19/h2-8H,1H3. The average molecular weight is 298 g/mol. The third-order valence-electron chi connectivity index (χ3n) is 2.89. The lowest BCUT2D eigenvalue weighted by molar-refractivity contribution is -0.137. The Morgan fingerprint density at radius 1 is 1.10 bits per heavy atom. The van der Waals surface area contributed by atoms with Gasteiger partial charge in [-0.2, -0.15) is 13.2 Å². The molecular formula is C15H10F4O2. The van der Waals surface area contributed by atoms with E-state index in [9.17, 15) is 22.4 Å². The van der Waals surface area contributed by atoms with Crippen molar-refractivity contribution in [1.82, 2.24) is 0 Å². The summed E-state index contributed by atoms with van der Waals surface area (Å²) in [7, 11) is 1.20. The Hall–Kier alpha value is -2.37. The van der Waals surface area contributed by atoms with Crippen molar-refractivity contribution >= 4 is 5.78 Å². The molecule has 6 heteroatoms. The SMILES string of the molecule is COc1cc(C(=O)c2ccccc2C(F)(F)F)ccc1F. The monoisotopic (exact) mass is 298 g/mol. The highest BCUT2D eigenvalue weighted by Gasteiger charge is 2.35. The van der Waals surface area contributed by atoms with E-state index in [-0.39, 0.29) is 11.3 Å². The molecule has 0 atom stereocenters. The van der Waals surface area contributed by atoms with E-state index in [1.54, 1.807) is 0 Å². The van der Waals surface area contributed by atoms with Crippen LogP contribution in [0.25, 0.3) is 0 Å². The van der Waals surface area contributed by atoms with Crippen molar-refractivity contribution in [3.8, 4) is 5.75 Å². The minimum absolute atomic E-state index is 0.0788. The van der Waals surface area contributed by atoms with E-state index >= 15 is 0 Å². The Balaban J connectivity index is 2.51.